The predicted octanol–water partition coefficient (Wildman–Crippen LogP) is 3.39. The Labute approximate surface area is 199 Å². The van der Waals surface area contributed by atoms with E-state index in [-0.39, 0.29) is 0 Å². The predicted molar refractivity (Wildman–Crippen MR) is 133 cm³/mol. The van der Waals surface area contributed by atoms with Crippen LogP contribution in [0.5, 0.6) is 5.75 Å². The van der Waals surface area contributed by atoms with Crippen LogP contribution in [0.1, 0.15) is 11.3 Å². The smallest absolute Gasteiger partial charge is 0.220 e. The third kappa shape index (κ3) is 4.01. The molecule has 1 aliphatic rings. The van der Waals surface area contributed by atoms with Crippen molar-refractivity contribution in [2.75, 3.05) is 32.1 Å². The minimum atomic E-state index is -3.43. The van der Waals surface area contributed by atoms with E-state index in [1.54, 1.807) is 14.2 Å². The van der Waals surface area contributed by atoms with E-state index in [1.807, 2.05) is 83.4 Å². The maximum absolute atomic E-state index is 13.1. The highest BCUT2D eigenvalue weighted by atomic mass is 32.2. The van der Waals surface area contributed by atoms with E-state index >= 15 is 0 Å². The lowest BCUT2D eigenvalue weighted by molar-refractivity contribution is 0.414. The molecule has 9 heteroatoms. The van der Waals surface area contributed by atoms with Gasteiger partial charge in [0.2, 0.25) is 10.0 Å². The highest BCUT2D eigenvalue weighted by Crippen LogP contribution is 2.29. The molecular weight excluding hydrogens is 450 g/mol. The van der Waals surface area contributed by atoms with Gasteiger partial charge in [0, 0.05) is 44.3 Å². The van der Waals surface area contributed by atoms with E-state index in [1.165, 1.54) is 4.31 Å². The summed E-state index contributed by atoms with van der Waals surface area (Å²) in [5, 5.41) is 5.28. The molecule has 0 bridgehead atoms. The number of benzene rings is 2. The molecule has 8 nitrogen and oxygen atoms in total. The van der Waals surface area contributed by atoms with E-state index < -0.39 is 15.3 Å². The second-order valence-corrected chi connectivity index (χ2v) is 10.9. The number of nitrogens with zero attached hydrogens (tertiary/aromatic N) is 5. The highest BCUT2D eigenvalue weighted by molar-refractivity contribution is 7.89. The average Bonchev–Trinajstić information content (AvgIpc) is 3.15. The summed E-state index contributed by atoms with van der Waals surface area (Å²) < 4.78 is 34.7. The van der Waals surface area contributed by atoms with Crippen molar-refractivity contribution in [2.45, 2.75) is 18.7 Å². The van der Waals surface area contributed by atoms with Crippen LogP contribution in [0, 0.1) is 6.92 Å². The van der Waals surface area contributed by atoms with Gasteiger partial charge >= 0.3 is 0 Å². The standard InChI is InChI=1S/C25H27N5O3S/c1-18-23-14-26-25(13-24(23)27-30(18)20-7-5-4-6-8-20)29-16-22(17-29)34(31,32)28(2)15-19-9-11-21(33-3)12-10-19/h4-14,22H,15-17H2,1-3H3. The number of pyridine rings is 1. The molecule has 34 heavy (non-hydrogen) atoms. The Morgan fingerprint density at radius 1 is 1.09 bits per heavy atom. The van der Waals surface area contributed by atoms with Crippen molar-refractivity contribution in [3.63, 3.8) is 0 Å². The van der Waals surface area contributed by atoms with Crippen LogP contribution < -0.4 is 9.64 Å². The molecular formula is C25H27N5O3S. The van der Waals surface area contributed by atoms with Crippen LogP contribution >= 0.6 is 0 Å². The normalized spacial score (nSPS) is 14.5. The Bertz CT molecular complexity index is 1410. The zero-order chi connectivity index (χ0) is 23.9. The zero-order valence-electron chi connectivity index (χ0n) is 19.4. The summed E-state index contributed by atoms with van der Waals surface area (Å²) in [4.78, 5) is 6.58. The van der Waals surface area contributed by atoms with Crippen LogP contribution in [0.15, 0.2) is 66.9 Å². The monoisotopic (exact) mass is 477 g/mol. The number of hydrogen-bond donors (Lipinski definition) is 0. The van der Waals surface area contributed by atoms with Gasteiger partial charge in [-0.2, -0.15) is 5.10 Å². The summed E-state index contributed by atoms with van der Waals surface area (Å²) >= 11 is 0. The lowest BCUT2D eigenvalue weighted by Gasteiger charge is -2.41. The van der Waals surface area contributed by atoms with Crippen LogP contribution in [-0.4, -0.2) is 60.0 Å². The molecule has 0 unspecified atom stereocenters. The first-order chi connectivity index (χ1) is 16.4. The zero-order valence-corrected chi connectivity index (χ0v) is 20.2. The number of ether oxygens (including phenoxy) is 1. The molecule has 0 amide bonds. The summed E-state index contributed by atoms with van der Waals surface area (Å²) in [6, 6.07) is 19.3. The molecule has 4 aromatic rings. The van der Waals surface area contributed by atoms with Crippen LogP contribution in [0.2, 0.25) is 0 Å². The molecule has 2 aromatic heterocycles. The maximum Gasteiger partial charge on any atom is 0.220 e. The lowest BCUT2D eigenvalue weighted by Crippen LogP contribution is -2.58. The number of fused-ring (bicyclic) bond motifs is 1. The lowest BCUT2D eigenvalue weighted by atomic mass is 10.2. The number of aryl methyl sites for hydroxylation is 1. The molecule has 2 aromatic carbocycles. The SMILES string of the molecule is COc1ccc(CN(C)S(=O)(=O)C2CN(c3cc4nn(-c5ccccc5)c(C)c4cn3)C2)cc1. The number of hydrogen-bond acceptors (Lipinski definition) is 6. The molecule has 0 N–H and O–H groups in total. The highest BCUT2D eigenvalue weighted by Gasteiger charge is 2.40. The number of rotatable bonds is 7. The van der Waals surface area contributed by atoms with E-state index in [0.717, 1.165) is 39.4 Å². The van der Waals surface area contributed by atoms with Crippen LogP contribution in [-0.2, 0) is 16.6 Å². The van der Waals surface area contributed by atoms with Crippen molar-refractivity contribution >= 4 is 26.7 Å². The third-order valence-electron chi connectivity index (χ3n) is 6.38. The van der Waals surface area contributed by atoms with Gasteiger partial charge in [0.25, 0.3) is 0 Å². The number of sulfonamides is 1. The number of methoxy groups -OCH3 is 1. The molecule has 0 aliphatic carbocycles. The summed E-state index contributed by atoms with van der Waals surface area (Å²) in [6.07, 6.45) is 1.82. The number of anilines is 1. The van der Waals surface area contributed by atoms with Crippen LogP contribution in [0.3, 0.4) is 0 Å². The molecule has 5 rings (SSSR count). The van der Waals surface area contributed by atoms with E-state index in [4.69, 9.17) is 9.84 Å². The molecule has 1 aliphatic heterocycles. The summed E-state index contributed by atoms with van der Waals surface area (Å²) in [5.41, 5.74) is 3.77. The molecule has 1 saturated heterocycles. The summed E-state index contributed by atoms with van der Waals surface area (Å²) in [7, 11) is -0.187. The van der Waals surface area contributed by atoms with Gasteiger partial charge in [-0.1, -0.05) is 30.3 Å². The first-order valence-electron chi connectivity index (χ1n) is 11.1. The van der Waals surface area contributed by atoms with Crippen LogP contribution in [0.25, 0.3) is 16.6 Å². The van der Waals surface area contributed by atoms with Crippen molar-refractivity contribution in [1.82, 2.24) is 19.1 Å². The van der Waals surface area contributed by atoms with Crippen molar-refractivity contribution < 1.29 is 13.2 Å². The second kappa shape index (κ2) is 8.73. The fourth-order valence-corrected chi connectivity index (χ4v) is 5.81. The Balaban J connectivity index is 1.28. The van der Waals surface area contributed by atoms with Gasteiger partial charge in [-0.05, 0) is 36.8 Å². The van der Waals surface area contributed by atoms with Crippen molar-refractivity contribution in [3.8, 4) is 11.4 Å². The van der Waals surface area contributed by atoms with Gasteiger partial charge in [-0.3, -0.25) is 0 Å². The Kier molecular flexibility index (Phi) is 5.75. The fourth-order valence-electron chi connectivity index (χ4n) is 4.23. The maximum atomic E-state index is 13.1. The van der Waals surface area contributed by atoms with E-state index in [9.17, 15) is 8.42 Å². The topological polar surface area (TPSA) is 80.6 Å². The van der Waals surface area contributed by atoms with Gasteiger partial charge < -0.3 is 9.64 Å². The van der Waals surface area contributed by atoms with Crippen LogP contribution in [0.4, 0.5) is 5.82 Å². The minimum Gasteiger partial charge on any atom is -0.497 e. The summed E-state index contributed by atoms with van der Waals surface area (Å²) in [5.74, 6) is 1.49. The molecule has 176 valence electrons. The van der Waals surface area contributed by atoms with Crippen molar-refractivity contribution in [1.29, 1.82) is 0 Å². The molecule has 0 radical (unpaired) electrons. The molecule has 0 atom stereocenters. The minimum absolute atomic E-state index is 0.323. The first kappa shape index (κ1) is 22.4. The Morgan fingerprint density at radius 3 is 2.47 bits per heavy atom. The van der Waals surface area contributed by atoms with Gasteiger partial charge in [0.05, 0.1) is 24.0 Å². The number of para-hydroxylation sites is 1. The van der Waals surface area contributed by atoms with Crippen molar-refractivity contribution in [2.24, 2.45) is 0 Å². The van der Waals surface area contributed by atoms with Gasteiger partial charge in [-0.15, -0.1) is 0 Å². The Morgan fingerprint density at radius 2 is 1.79 bits per heavy atom. The fraction of sp³-hybridized carbons (Fsp3) is 0.280. The average molecular weight is 478 g/mol. The summed E-state index contributed by atoms with van der Waals surface area (Å²) in [6.45, 7) is 3.16. The van der Waals surface area contributed by atoms with E-state index in [2.05, 4.69) is 4.98 Å². The quantitative estimate of drug-likeness (QED) is 0.406. The Hall–Kier alpha value is -3.43. The third-order valence-corrected chi connectivity index (χ3v) is 8.51. The molecule has 3 heterocycles. The van der Waals surface area contributed by atoms with Crippen molar-refractivity contribution in [3.05, 3.63) is 78.1 Å². The molecule has 0 spiro atoms. The molecule has 1 fully saturated rings. The number of aromatic nitrogens is 3. The second-order valence-electron chi connectivity index (χ2n) is 8.57. The largest absolute Gasteiger partial charge is 0.497 e. The van der Waals surface area contributed by atoms with Gasteiger partial charge in [-0.25, -0.2) is 22.4 Å². The van der Waals surface area contributed by atoms with E-state index in [0.29, 0.717) is 19.6 Å². The van der Waals surface area contributed by atoms with Gasteiger partial charge in [0.15, 0.2) is 0 Å². The first-order valence-corrected chi connectivity index (χ1v) is 12.6. The molecule has 0 saturated carbocycles. The van der Waals surface area contributed by atoms with Gasteiger partial charge in [0.1, 0.15) is 16.8 Å².